The molecule has 0 bridgehead atoms. The highest BCUT2D eigenvalue weighted by molar-refractivity contribution is 6.05. The molecule has 0 aliphatic heterocycles. The fraction of sp³-hybridized carbons (Fsp3) is 0.450. The summed E-state index contributed by atoms with van der Waals surface area (Å²) in [5.41, 5.74) is 3.58. The average Bonchev–Trinajstić information content (AvgIpc) is 3.58. The molecule has 2 N–H and O–H groups in total. The normalized spacial score (nSPS) is 18.2. The quantitative estimate of drug-likeness (QED) is 0.715. The summed E-state index contributed by atoms with van der Waals surface area (Å²) in [5, 5.41) is 8.47. The van der Waals surface area contributed by atoms with Crippen molar-refractivity contribution in [3.63, 3.8) is 0 Å². The smallest absolute Gasteiger partial charge is 0.252 e. The molecule has 3 aromatic heterocycles. The van der Waals surface area contributed by atoms with Gasteiger partial charge in [-0.1, -0.05) is 0 Å². The SMILES string of the molecule is C[C@@H](C1CC1)n1ncc2c(C(=O)NCc3ccc[nH]3)cc(C3CC3)nc21. The number of aromatic amines is 1. The van der Waals surface area contributed by atoms with Gasteiger partial charge >= 0.3 is 0 Å². The molecular weight excluding hydrogens is 326 g/mol. The average molecular weight is 349 g/mol. The van der Waals surface area contributed by atoms with E-state index < -0.39 is 0 Å². The van der Waals surface area contributed by atoms with E-state index in [1.165, 1.54) is 12.8 Å². The number of carbonyl (C=O) groups excluding carboxylic acids is 1. The predicted molar refractivity (Wildman–Crippen MR) is 98.9 cm³/mol. The van der Waals surface area contributed by atoms with E-state index in [9.17, 15) is 4.79 Å². The van der Waals surface area contributed by atoms with Crippen molar-refractivity contribution in [1.82, 2.24) is 25.1 Å². The van der Waals surface area contributed by atoms with Gasteiger partial charge in [-0.15, -0.1) is 0 Å². The maximum atomic E-state index is 12.9. The molecule has 6 nitrogen and oxygen atoms in total. The number of amides is 1. The Labute approximate surface area is 152 Å². The fourth-order valence-corrected chi connectivity index (χ4v) is 3.64. The van der Waals surface area contributed by atoms with Crippen LogP contribution in [-0.2, 0) is 6.54 Å². The molecule has 6 heteroatoms. The van der Waals surface area contributed by atoms with Crippen LogP contribution in [0, 0.1) is 5.92 Å². The molecule has 0 spiro atoms. The lowest BCUT2D eigenvalue weighted by Crippen LogP contribution is -2.23. The summed E-state index contributed by atoms with van der Waals surface area (Å²) in [6, 6.07) is 6.20. The summed E-state index contributed by atoms with van der Waals surface area (Å²) in [6.45, 7) is 2.70. The lowest BCUT2D eigenvalue weighted by Gasteiger charge is -2.13. The lowest BCUT2D eigenvalue weighted by molar-refractivity contribution is 0.0952. The zero-order valence-electron chi connectivity index (χ0n) is 14.9. The summed E-state index contributed by atoms with van der Waals surface area (Å²) in [4.78, 5) is 20.9. The fourth-order valence-electron chi connectivity index (χ4n) is 3.64. The number of pyridine rings is 1. The molecule has 0 aromatic carbocycles. The second-order valence-electron chi connectivity index (χ2n) is 7.65. The monoisotopic (exact) mass is 349 g/mol. The molecule has 26 heavy (non-hydrogen) atoms. The molecule has 3 aromatic rings. The summed E-state index contributed by atoms with van der Waals surface area (Å²) < 4.78 is 2.03. The number of rotatable bonds is 6. The minimum atomic E-state index is -0.0625. The van der Waals surface area contributed by atoms with E-state index in [2.05, 4.69) is 22.3 Å². The van der Waals surface area contributed by atoms with Gasteiger partial charge in [0.15, 0.2) is 5.65 Å². The number of carbonyl (C=O) groups is 1. The van der Waals surface area contributed by atoms with Crippen molar-refractivity contribution in [2.75, 3.05) is 0 Å². The molecule has 0 radical (unpaired) electrons. The Hall–Kier alpha value is -2.63. The van der Waals surface area contributed by atoms with Crippen molar-refractivity contribution in [2.24, 2.45) is 5.92 Å². The molecule has 5 rings (SSSR count). The second-order valence-corrected chi connectivity index (χ2v) is 7.65. The number of hydrogen-bond acceptors (Lipinski definition) is 3. The Balaban J connectivity index is 1.51. The molecular formula is C20H23N5O. The zero-order valence-corrected chi connectivity index (χ0v) is 14.9. The summed E-state index contributed by atoms with van der Waals surface area (Å²) in [6.07, 6.45) is 8.51. The van der Waals surface area contributed by atoms with E-state index in [-0.39, 0.29) is 5.91 Å². The number of nitrogens with zero attached hydrogens (tertiary/aromatic N) is 3. The van der Waals surface area contributed by atoms with E-state index in [1.54, 1.807) is 6.20 Å². The first-order valence-electron chi connectivity index (χ1n) is 9.49. The molecule has 0 unspecified atom stereocenters. The van der Waals surface area contributed by atoms with Crippen LogP contribution >= 0.6 is 0 Å². The Morgan fingerprint density at radius 1 is 1.38 bits per heavy atom. The lowest BCUT2D eigenvalue weighted by atomic mass is 10.1. The van der Waals surface area contributed by atoms with Crippen molar-refractivity contribution < 1.29 is 4.79 Å². The first-order valence-corrected chi connectivity index (χ1v) is 9.49. The summed E-state index contributed by atoms with van der Waals surface area (Å²) in [7, 11) is 0. The molecule has 2 saturated carbocycles. The van der Waals surface area contributed by atoms with Crippen molar-refractivity contribution in [1.29, 1.82) is 0 Å². The van der Waals surface area contributed by atoms with Crippen molar-refractivity contribution >= 4 is 16.9 Å². The van der Waals surface area contributed by atoms with Gasteiger partial charge in [-0.05, 0) is 56.7 Å². The Bertz CT molecular complexity index is 950. The van der Waals surface area contributed by atoms with Crippen molar-refractivity contribution in [2.45, 2.75) is 51.1 Å². The number of H-pyrrole nitrogens is 1. The third-order valence-corrected chi connectivity index (χ3v) is 5.62. The Morgan fingerprint density at radius 3 is 2.92 bits per heavy atom. The van der Waals surface area contributed by atoms with Crippen LogP contribution in [0.2, 0.25) is 0 Å². The Morgan fingerprint density at radius 2 is 2.23 bits per heavy atom. The van der Waals surface area contributed by atoms with E-state index in [4.69, 9.17) is 4.98 Å². The van der Waals surface area contributed by atoms with Gasteiger partial charge in [-0.25, -0.2) is 9.67 Å². The molecule has 134 valence electrons. The maximum absolute atomic E-state index is 12.9. The van der Waals surface area contributed by atoms with Crippen LogP contribution in [0.4, 0.5) is 0 Å². The second kappa shape index (κ2) is 5.97. The molecule has 0 saturated heterocycles. The summed E-state index contributed by atoms with van der Waals surface area (Å²) in [5.74, 6) is 1.12. The van der Waals surface area contributed by atoms with Gasteiger partial charge in [-0.3, -0.25) is 4.79 Å². The Kier molecular flexibility index (Phi) is 3.58. The maximum Gasteiger partial charge on any atom is 0.252 e. The van der Waals surface area contributed by atoms with Gasteiger partial charge in [0.2, 0.25) is 0 Å². The third kappa shape index (κ3) is 2.79. The molecule has 1 amide bonds. The minimum absolute atomic E-state index is 0.0625. The minimum Gasteiger partial charge on any atom is -0.364 e. The van der Waals surface area contributed by atoms with Crippen LogP contribution in [0.5, 0.6) is 0 Å². The van der Waals surface area contributed by atoms with Gasteiger partial charge in [-0.2, -0.15) is 5.10 Å². The van der Waals surface area contributed by atoms with Crippen molar-refractivity contribution in [3.05, 3.63) is 47.5 Å². The van der Waals surface area contributed by atoms with Crippen LogP contribution in [-0.4, -0.2) is 25.7 Å². The predicted octanol–water partition coefficient (Wildman–Crippen LogP) is 3.54. The molecule has 1 atom stereocenters. The number of nitrogens with one attached hydrogen (secondary N) is 2. The van der Waals surface area contributed by atoms with E-state index in [0.717, 1.165) is 35.3 Å². The van der Waals surface area contributed by atoms with Crippen molar-refractivity contribution in [3.8, 4) is 0 Å². The van der Waals surface area contributed by atoms with Gasteiger partial charge in [0.1, 0.15) is 0 Å². The standard InChI is InChI=1S/C20H23N5O/c1-12(13-4-5-13)25-19-17(11-23-25)16(9-18(24-19)14-6-7-14)20(26)22-10-15-3-2-8-21-15/h2-3,8-9,11-14,21H,4-7,10H2,1H3,(H,22,26)/t12-/m0/s1. The van der Waals surface area contributed by atoms with E-state index in [1.807, 2.05) is 29.1 Å². The zero-order chi connectivity index (χ0) is 17.7. The number of hydrogen-bond donors (Lipinski definition) is 2. The van der Waals surface area contributed by atoms with Crippen LogP contribution < -0.4 is 5.32 Å². The number of fused-ring (bicyclic) bond motifs is 1. The molecule has 2 fully saturated rings. The molecule has 2 aliphatic carbocycles. The van der Waals surface area contributed by atoms with Crippen LogP contribution in [0.25, 0.3) is 11.0 Å². The van der Waals surface area contributed by atoms with Gasteiger partial charge in [0, 0.05) is 23.5 Å². The topological polar surface area (TPSA) is 75.6 Å². The van der Waals surface area contributed by atoms with Crippen LogP contribution in [0.1, 0.15) is 66.3 Å². The van der Waals surface area contributed by atoms with Crippen LogP contribution in [0.3, 0.4) is 0 Å². The molecule has 2 aliphatic rings. The van der Waals surface area contributed by atoms with Gasteiger partial charge < -0.3 is 10.3 Å². The first-order chi connectivity index (χ1) is 12.7. The highest BCUT2D eigenvalue weighted by atomic mass is 16.1. The highest BCUT2D eigenvalue weighted by Crippen LogP contribution is 2.42. The van der Waals surface area contributed by atoms with E-state index in [0.29, 0.717) is 30.0 Å². The summed E-state index contributed by atoms with van der Waals surface area (Å²) >= 11 is 0. The van der Waals surface area contributed by atoms with E-state index >= 15 is 0 Å². The highest BCUT2D eigenvalue weighted by Gasteiger charge is 2.32. The largest absolute Gasteiger partial charge is 0.364 e. The first kappa shape index (κ1) is 15.6. The van der Waals surface area contributed by atoms with Crippen LogP contribution in [0.15, 0.2) is 30.6 Å². The van der Waals surface area contributed by atoms with Gasteiger partial charge in [0.05, 0.1) is 29.7 Å². The van der Waals surface area contributed by atoms with Gasteiger partial charge in [0.25, 0.3) is 5.91 Å². The molecule has 3 heterocycles. The third-order valence-electron chi connectivity index (χ3n) is 5.62. The number of aromatic nitrogens is 4.